The molecule has 1 aliphatic carbocycles. The molecule has 2 fully saturated rings. The second kappa shape index (κ2) is 5.07. The maximum atomic E-state index is 12.4. The number of imidazole rings is 1. The first-order valence-corrected chi connectivity index (χ1v) is 7.86. The van der Waals surface area contributed by atoms with Gasteiger partial charge in [-0.25, -0.2) is 4.98 Å². The Morgan fingerprint density at radius 1 is 1.32 bits per heavy atom. The Labute approximate surface area is 129 Å². The first-order valence-electron chi connectivity index (χ1n) is 7.86. The summed E-state index contributed by atoms with van der Waals surface area (Å²) >= 11 is 0. The molecule has 0 atom stereocenters. The zero-order valence-electron chi connectivity index (χ0n) is 12.8. The summed E-state index contributed by atoms with van der Waals surface area (Å²) in [4.78, 5) is 21.0. The van der Waals surface area contributed by atoms with Gasteiger partial charge >= 0.3 is 0 Å². The van der Waals surface area contributed by atoms with Crippen LogP contribution in [0.4, 0.5) is 5.69 Å². The normalized spacial score (nSPS) is 20.1. The number of nitrogens with zero attached hydrogens (tertiary/aromatic N) is 4. The molecule has 116 valence electrons. The Balaban J connectivity index is 1.83. The monoisotopic (exact) mass is 299 g/mol. The Bertz CT molecular complexity index is 733. The van der Waals surface area contributed by atoms with E-state index in [1.807, 2.05) is 22.5 Å². The topological polar surface area (TPSA) is 66.9 Å². The minimum Gasteiger partial charge on any atom is -0.325 e. The number of anilines is 1. The molecule has 2 aromatic rings. The van der Waals surface area contributed by atoms with Gasteiger partial charge in [0.15, 0.2) is 5.65 Å². The average molecular weight is 299 g/mol. The number of amides is 1. The standard InChI is InChI=1S/C16H21N5O/c1-19-4-5-21(15(22)10-19)14-6-12(11-2-3-11)8-20-9-13(7-17)18-16(14)20/h6,8-9,11H,2-5,7,10,17H2,1H3. The number of likely N-dealkylation sites (N-methyl/N-ethyl adjacent to an activating group) is 1. The van der Waals surface area contributed by atoms with Gasteiger partial charge in [0.1, 0.15) is 0 Å². The van der Waals surface area contributed by atoms with Gasteiger partial charge in [-0.2, -0.15) is 0 Å². The number of hydrogen-bond donors (Lipinski definition) is 1. The van der Waals surface area contributed by atoms with Crippen molar-refractivity contribution in [3.8, 4) is 0 Å². The summed E-state index contributed by atoms with van der Waals surface area (Å²) in [7, 11) is 1.98. The van der Waals surface area contributed by atoms with E-state index < -0.39 is 0 Å². The number of piperazine rings is 1. The lowest BCUT2D eigenvalue weighted by molar-refractivity contribution is -0.120. The highest BCUT2D eigenvalue weighted by molar-refractivity contribution is 5.98. The van der Waals surface area contributed by atoms with Crippen LogP contribution in [-0.2, 0) is 11.3 Å². The molecular formula is C16H21N5O. The van der Waals surface area contributed by atoms with Crippen LogP contribution < -0.4 is 10.6 Å². The Kier molecular flexibility index (Phi) is 3.16. The van der Waals surface area contributed by atoms with Crippen molar-refractivity contribution in [3.05, 3.63) is 29.7 Å². The van der Waals surface area contributed by atoms with Crippen molar-refractivity contribution < 1.29 is 4.79 Å². The van der Waals surface area contributed by atoms with Crippen molar-refractivity contribution in [2.75, 3.05) is 31.6 Å². The molecule has 6 nitrogen and oxygen atoms in total. The van der Waals surface area contributed by atoms with E-state index >= 15 is 0 Å². The second-order valence-electron chi connectivity index (χ2n) is 6.38. The van der Waals surface area contributed by atoms with E-state index in [0.29, 0.717) is 25.6 Å². The van der Waals surface area contributed by atoms with E-state index in [9.17, 15) is 4.79 Å². The van der Waals surface area contributed by atoms with E-state index in [4.69, 9.17) is 5.73 Å². The van der Waals surface area contributed by atoms with Gasteiger partial charge < -0.3 is 15.0 Å². The molecule has 22 heavy (non-hydrogen) atoms. The van der Waals surface area contributed by atoms with Gasteiger partial charge in [0, 0.05) is 32.0 Å². The Morgan fingerprint density at radius 3 is 2.82 bits per heavy atom. The molecule has 4 rings (SSSR count). The van der Waals surface area contributed by atoms with Crippen LogP contribution in [0, 0.1) is 0 Å². The third-order valence-electron chi connectivity index (χ3n) is 4.56. The summed E-state index contributed by atoms with van der Waals surface area (Å²) < 4.78 is 2.04. The maximum absolute atomic E-state index is 12.4. The van der Waals surface area contributed by atoms with Crippen LogP contribution in [0.1, 0.15) is 30.0 Å². The van der Waals surface area contributed by atoms with E-state index in [-0.39, 0.29) is 5.91 Å². The smallest absolute Gasteiger partial charge is 0.241 e. The van der Waals surface area contributed by atoms with Gasteiger partial charge in [0.2, 0.25) is 5.91 Å². The quantitative estimate of drug-likeness (QED) is 0.916. The van der Waals surface area contributed by atoms with Crippen molar-refractivity contribution in [3.63, 3.8) is 0 Å². The summed E-state index contributed by atoms with van der Waals surface area (Å²) in [5.41, 5.74) is 9.66. The summed E-state index contributed by atoms with van der Waals surface area (Å²) in [6, 6.07) is 2.16. The van der Waals surface area contributed by atoms with Crippen LogP contribution >= 0.6 is 0 Å². The molecule has 0 radical (unpaired) electrons. The average Bonchev–Trinajstić information content (AvgIpc) is 3.26. The number of fused-ring (bicyclic) bond motifs is 1. The minimum absolute atomic E-state index is 0.140. The molecule has 1 saturated carbocycles. The summed E-state index contributed by atoms with van der Waals surface area (Å²) in [6.45, 7) is 2.47. The predicted octanol–water partition coefficient (Wildman–Crippen LogP) is 0.949. The van der Waals surface area contributed by atoms with Gasteiger partial charge in [-0.1, -0.05) is 0 Å². The molecule has 1 saturated heterocycles. The van der Waals surface area contributed by atoms with Crippen molar-refractivity contribution in [2.45, 2.75) is 25.3 Å². The van der Waals surface area contributed by atoms with E-state index in [2.05, 4.69) is 22.1 Å². The molecule has 3 heterocycles. The zero-order valence-corrected chi connectivity index (χ0v) is 12.8. The van der Waals surface area contributed by atoms with Crippen LogP contribution in [0.2, 0.25) is 0 Å². The zero-order chi connectivity index (χ0) is 15.3. The molecule has 0 aromatic carbocycles. The molecule has 6 heteroatoms. The molecule has 2 aliphatic rings. The van der Waals surface area contributed by atoms with Crippen LogP contribution in [0.25, 0.3) is 5.65 Å². The highest BCUT2D eigenvalue weighted by atomic mass is 16.2. The molecular weight excluding hydrogens is 278 g/mol. The largest absolute Gasteiger partial charge is 0.325 e. The third-order valence-corrected chi connectivity index (χ3v) is 4.56. The third kappa shape index (κ3) is 2.28. The van der Waals surface area contributed by atoms with E-state index in [1.165, 1.54) is 18.4 Å². The van der Waals surface area contributed by atoms with Crippen molar-refractivity contribution in [1.82, 2.24) is 14.3 Å². The van der Waals surface area contributed by atoms with Gasteiger partial charge in [0.25, 0.3) is 0 Å². The molecule has 0 bridgehead atoms. The number of pyridine rings is 1. The summed E-state index contributed by atoms with van der Waals surface area (Å²) in [6.07, 6.45) is 6.59. The van der Waals surface area contributed by atoms with Crippen molar-refractivity contribution in [1.29, 1.82) is 0 Å². The first-order chi connectivity index (χ1) is 10.7. The van der Waals surface area contributed by atoms with E-state index in [0.717, 1.165) is 23.6 Å². The predicted molar refractivity (Wildman–Crippen MR) is 84.9 cm³/mol. The minimum atomic E-state index is 0.140. The van der Waals surface area contributed by atoms with Crippen molar-refractivity contribution in [2.24, 2.45) is 5.73 Å². The Morgan fingerprint density at radius 2 is 2.14 bits per heavy atom. The fraction of sp³-hybridized carbons (Fsp3) is 0.500. The molecule has 2 aromatic heterocycles. The fourth-order valence-corrected chi connectivity index (χ4v) is 3.13. The van der Waals surface area contributed by atoms with E-state index in [1.54, 1.807) is 0 Å². The van der Waals surface area contributed by atoms with Crippen LogP contribution in [0.5, 0.6) is 0 Å². The molecule has 0 spiro atoms. The van der Waals surface area contributed by atoms with Gasteiger partial charge in [-0.15, -0.1) is 0 Å². The fourth-order valence-electron chi connectivity index (χ4n) is 3.13. The Hall–Kier alpha value is -1.92. The number of nitrogens with two attached hydrogens (primary N) is 1. The van der Waals surface area contributed by atoms with Crippen LogP contribution in [-0.4, -0.2) is 46.9 Å². The number of carbonyl (C=O) groups excluding carboxylic acids is 1. The first kappa shape index (κ1) is 13.7. The van der Waals surface area contributed by atoms with Crippen LogP contribution in [0.3, 0.4) is 0 Å². The number of hydrogen-bond acceptors (Lipinski definition) is 4. The van der Waals surface area contributed by atoms with Crippen LogP contribution in [0.15, 0.2) is 18.5 Å². The highest BCUT2D eigenvalue weighted by Gasteiger charge is 2.29. The molecule has 1 amide bonds. The lowest BCUT2D eigenvalue weighted by Crippen LogP contribution is -2.49. The lowest BCUT2D eigenvalue weighted by atomic mass is 10.1. The number of rotatable bonds is 3. The molecule has 1 aliphatic heterocycles. The van der Waals surface area contributed by atoms with Gasteiger partial charge in [-0.05, 0) is 37.4 Å². The molecule has 2 N–H and O–H groups in total. The van der Waals surface area contributed by atoms with Gasteiger partial charge in [0.05, 0.1) is 17.9 Å². The van der Waals surface area contributed by atoms with Crippen molar-refractivity contribution >= 4 is 17.2 Å². The lowest BCUT2D eigenvalue weighted by Gasteiger charge is -2.32. The number of carbonyl (C=O) groups is 1. The summed E-state index contributed by atoms with van der Waals surface area (Å²) in [5.74, 6) is 0.773. The second-order valence-corrected chi connectivity index (χ2v) is 6.38. The van der Waals surface area contributed by atoms with Gasteiger partial charge in [-0.3, -0.25) is 9.69 Å². The maximum Gasteiger partial charge on any atom is 0.241 e. The molecule has 0 unspecified atom stereocenters. The number of aromatic nitrogens is 2. The SMILES string of the molecule is CN1CCN(c2cc(C3CC3)cn3cc(CN)nc23)C(=O)C1. The highest BCUT2D eigenvalue weighted by Crippen LogP contribution is 2.41. The summed E-state index contributed by atoms with van der Waals surface area (Å²) in [5, 5.41) is 0.